The molecule has 0 radical (unpaired) electrons. The lowest BCUT2D eigenvalue weighted by molar-refractivity contribution is -0.159. The number of hydrogen-bond donors (Lipinski definition) is 2. The van der Waals surface area contributed by atoms with Gasteiger partial charge in [-0.2, -0.15) is 0 Å². The zero-order valence-corrected chi connectivity index (χ0v) is 10.5. The van der Waals surface area contributed by atoms with E-state index in [1.165, 1.54) is 12.8 Å². The van der Waals surface area contributed by atoms with Gasteiger partial charge in [-0.05, 0) is 26.3 Å². The van der Waals surface area contributed by atoms with E-state index in [0.29, 0.717) is 0 Å². The summed E-state index contributed by atoms with van der Waals surface area (Å²) in [4.78, 5) is 29.3. The fourth-order valence-electron chi connectivity index (χ4n) is 0.943. The average Bonchev–Trinajstić information content (AvgIpc) is 2.17. The SMILES string of the molecule is CCCCCC(=O)C=C(C)C.O=C(O)C(=O)O. The second kappa shape index (κ2) is 10.9. The van der Waals surface area contributed by atoms with Gasteiger partial charge in [0.1, 0.15) is 0 Å². The van der Waals surface area contributed by atoms with Gasteiger partial charge in [0.2, 0.25) is 0 Å². The molecule has 0 spiro atoms. The molecule has 0 saturated carbocycles. The van der Waals surface area contributed by atoms with Gasteiger partial charge in [-0.25, -0.2) is 9.59 Å². The maximum atomic E-state index is 11.1. The van der Waals surface area contributed by atoms with Crippen LogP contribution in [0.5, 0.6) is 0 Å². The van der Waals surface area contributed by atoms with Gasteiger partial charge in [0.05, 0.1) is 0 Å². The molecule has 2 N–H and O–H groups in total. The van der Waals surface area contributed by atoms with Crippen molar-refractivity contribution in [2.45, 2.75) is 46.5 Å². The molecule has 0 bridgehead atoms. The molecule has 5 heteroatoms. The van der Waals surface area contributed by atoms with E-state index in [1.54, 1.807) is 6.08 Å². The molecule has 0 heterocycles. The molecule has 0 aliphatic heterocycles. The fourth-order valence-corrected chi connectivity index (χ4v) is 0.943. The first-order valence-corrected chi connectivity index (χ1v) is 5.45. The number of carboxylic acid groups (broad SMARTS) is 2. The number of allylic oxidation sites excluding steroid dienone is 2. The van der Waals surface area contributed by atoms with E-state index in [9.17, 15) is 4.79 Å². The second-order valence-electron chi connectivity index (χ2n) is 3.76. The number of rotatable bonds is 5. The fraction of sp³-hybridized carbons (Fsp3) is 0.583. The summed E-state index contributed by atoms with van der Waals surface area (Å²) in [5.41, 5.74) is 1.10. The third-order valence-electron chi connectivity index (χ3n) is 1.66. The van der Waals surface area contributed by atoms with Gasteiger partial charge in [-0.1, -0.05) is 25.3 Å². The number of carbonyl (C=O) groups is 3. The molecule has 0 aromatic heterocycles. The molecule has 5 nitrogen and oxygen atoms in total. The van der Waals surface area contributed by atoms with Crippen LogP contribution in [0.3, 0.4) is 0 Å². The summed E-state index contributed by atoms with van der Waals surface area (Å²) in [6.07, 6.45) is 5.85. The van der Waals surface area contributed by atoms with Crippen molar-refractivity contribution < 1.29 is 24.6 Å². The van der Waals surface area contributed by atoms with Crippen molar-refractivity contribution in [3.8, 4) is 0 Å². The molecule has 0 fully saturated rings. The largest absolute Gasteiger partial charge is 0.473 e. The van der Waals surface area contributed by atoms with Crippen LogP contribution in [0.2, 0.25) is 0 Å². The van der Waals surface area contributed by atoms with Crippen molar-refractivity contribution in [3.63, 3.8) is 0 Å². The van der Waals surface area contributed by atoms with Crippen molar-refractivity contribution in [2.75, 3.05) is 0 Å². The summed E-state index contributed by atoms with van der Waals surface area (Å²) in [5, 5.41) is 14.8. The number of unbranched alkanes of at least 4 members (excludes halogenated alkanes) is 2. The number of ketones is 1. The molecule has 0 aromatic carbocycles. The van der Waals surface area contributed by atoms with Crippen molar-refractivity contribution in [2.24, 2.45) is 0 Å². The van der Waals surface area contributed by atoms with Gasteiger partial charge in [-0.3, -0.25) is 4.79 Å². The molecule has 0 amide bonds. The van der Waals surface area contributed by atoms with Crippen molar-refractivity contribution in [1.29, 1.82) is 0 Å². The lowest BCUT2D eigenvalue weighted by Crippen LogP contribution is -2.09. The summed E-state index contributed by atoms with van der Waals surface area (Å²) in [7, 11) is 0. The number of hydrogen-bond acceptors (Lipinski definition) is 3. The Hall–Kier alpha value is -1.65. The Morgan fingerprint density at radius 3 is 1.76 bits per heavy atom. The second-order valence-corrected chi connectivity index (χ2v) is 3.76. The van der Waals surface area contributed by atoms with Crippen LogP contribution in [0.1, 0.15) is 46.5 Å². The zero-order valence-electron chi connectivity index (χ0n) is 10.5. The molecule has 0 atom stereocenters. The monoisotopic (exact) mass is 244 g/mol. The predicted molar refractivity (Wildman–Crippen MR) is 63.9 cm³/mol. The maximum Gasteiger partial charge on any atom is 0.414 e. The van der Waals surface area contributed by atoms with E-state index in [0.717, 1.165) is 18.4 Å². The number of carboxylic acids is 2. The molecule has 0 aliphatic carbocycles. The minimum atomic E-state index is -1.82. The smallest absolute Gasteiger partial charge is 0.414 e. The Kier molecular flexibility index (Phi) is 11.3. The van der Waals surface area contributed by atoms with E-state index in [1.807, 2.05) is 13.8 Å². The first kappa shape index (κ1) is 17.7. The molecular formula is C12H20O5. The van der Waals surface area contributed by atoms with Gasteiger partial charge in [0.15, 0.2) is 5.78 Å². The van der Waals surface area contributed by atoms with Crippen LogP contribution in [0, 0.1) is 0 Å². The number of aliphatic carboxylic acids is 2. The highest BCUT2D eigenvalue weighted by Crippen LogP contribution is 2.01. The molecule has 98 valence electrons. The lowest BCUT2D eigenvalue weighted by atomic mass is 10.1. The van der Waals surface area contributed by atoms with Gasteiger partial charge < -0.3 is 10.2 Å². The van der Waals surface area contributed by atoms with Gasteiger partial charge in [0, 0.05) is 6.42 Å². The normalized spacial score (nSPS) is 8.65. The van der Waals surface area contributed by atoms with E-state index < -0.39 is 11.9 Å². The third kappa shape index (κ3) is 17.0. The quantitative estimate of drug-likeness (QED) is 0.439. The summed E-state index contributed by atoms with van der Waals surface area (Å²) in [6, 6.07) is 0. The first-order valence-electron chi connectivity index (χ1n) is 5.45. The average molecular weight is 244 g/mol. The molecule has 0 saturated heterocycles. The predicted octanol–water partition coefficient (Wildman–Crippen LogP) is 2.26. The van der Waals surface area contributed by atoms with E-state index >= 15 is 0 Å². The van der Waals surface area contributed by atoms with Crippen LogP contribution in [-0.4, -0.2) is 27.9 Å². The van der Waals surface area contributed by atoms with Crippen molar-refractivity contribution in [3.05, 3.63) is 11.6 Å². The highest BCUT2D eigenvalue weighted by Gasteiger charge is 2.04. The van der Waals surface area contributed by atoms with Crippen LogP contribution >= 0.6 is 0 Å². The van der Waals surface area contributed by atoms with Gasteiger partial charge in [-0.15, -0.1) is 0 Å². The Balaban J connectivity index is 0. The highest BCUT2D eigenvalue weighted by molar-refractivity contribution is 6.27. The van der Waals surface area contributed by atoms with Gasteiger partial charge in [0.25, 0.3) is 0 Å². The summed E-state index contributed by atoms with van der Waals surface area (Å²) < 4.78 is 0. The zero-order chi connectivity index (χ0) is 13.8. The van der Waals surface area contributed by atoms with Crippen LogP contribution < -0.4 is 0 Å². The van der Waals surface area contributed by atoms with Crippen LogP contribution in [-0.2, 0) is 14.4 Å². The van der Waals surface area contributed by atoms with E-state index in [2.05, 4.69) is 6.92 Å². The Labute approximate surface area is 101 Å². The summed E-state index contributed by atoms with van der Waals surface area (Å²) in [5.74, 6) is -3.37. The molecule has 0 rings (SSSR count). The summed E-state index contributed by atoms with van der Waals surface area (Å²) in [6.45, 7) is 6.06. The standard InChI is InChI=1S/C10H18O.C2H2O4/c1-4-5-6-7-10(11)8-9(2)3;3-1(4)2(5)6/h8H,4-7H2,1-3H3;(H,3,4)(H,5,6). The minimum Gasteiger partial charge on any atom is -0.473 e. The van der Waals surface area contributed by atoms with Gasteiger partial charge >= 0.3 is 11.9 Å². The van der Waals surface area contributed by atoms with Crippen LogP contribution in [0.4, 0.5) is 0 Å². The molecule has 17 heavy (non-hydrogen) atoms. The molecule has 0 aromatic rings. The Bertz CT molecular complexity index is 275. The molecule has 0 aliphatic rings. The third-order valence-corrected chi connectivity index (χ3v) is 1.66. The maximum absolute atomic E-state index is 11.1. The van der Waals surface area contributed by atoms with E-state index in [4.69, 9.17) is 19.8 Å². The van der Waals surface area contributed by atoms with E-state index in [-0.39, 0.29) is 5.78 Å². The topological polar surface area (TPSA) is 91.7 Å². The number of carbonyl (C=O) groups excluding carboxylic acids is 1. The van der Waals surface area contributed by atoms with Crippen molar-refractivity contribution in [1.82, 2.24) is 0 Å². The highest BCUT2D eigenvalue weighted by atomic mass is 16.4. The van der Waals surface area contributed by atoms with Crippen molar-refractivity contribution >= 4 is 17.7 Å². The molecule has 0 unspecified atom stereocenters. The van der Waals surface area contributed by atoms with Crippen LogP contribution in [0.15, 0.2) is 11.6 Å². The Morgan fingerprint density at radius 2 is 1.47 bits per heavy atom. The minimum absolute atomic E-state index is 0.276. The Morgan fingerprint density at radius 1 is 1.00 bits per heavy atom. The lowest BCUT2D eigenvalue weighted by Gasteiger charge is -1.94. The first-order chi connectivity index (χ1) is 7.81. The molecular weight excluding hydrogens is 224 g/mol. The van der Waals surface area contributed by atoms with Crippen LogP contribution in [0.25, 0.3) is 0 Å². The summed E-state index contributed by atoms with van der Waals surface area (Å²) >= 11 is 0.